The molecular weight excluding hydrogens is 345 g/mol. The first kappa shape index (κ1) is 17.9. The molecule has 0 aliphatic carbocycles. The number of nitrogens with zero attached hydrogens (tertiary/aromatic N) is 3. The molecule has 1 saturated heterocycles. The highest BCUT2D eigenvalue weighted by Gasteiger charge is 2.14. The van der Waals surface area contributed by atoms with E-state index in [-0.39, 0.29) is 5.82 Å². The average molecular weight is 369 g/mol. The van der Waals surface area contributed by atoms with Crippen LogP contribution in [-0.2, 0) is 17.7 Å². The first-order chi connectivity index (χ1) is 13.2. The maximum atomic E-state index is 13.2. The van der Waals surface area contributed by atoms with E-state index < -0.39 is 0 Å². The summed E-state index contributed by atoms with van der Waals surface area (Å²) in [6, 6.07) is 8.66. The molecule has 3 heterocycles. The van der Waals surface area contributed by atoms with Crippen LogP contribution in [0, 0.1) is 5.82 Å². The first-order valence-electron chi connectivity index (χ1n) is 9.29. The van der Waals surface area contributed by atoms with E-state index in [4.69, 9.17) is 9.47 Å². The smallest absolute Gasteiger partial charge is 0.213 e. The Hall–Kier alpha value is -2.44. The van der Waals surface area contributed by atoms with Crippen LogP contribution in [0.4, 0.5) is 4.39 Å². The number of benzene rings is 1. The van der Waals surface area contributed by atoms with Gasteiger partial charge in [0, 0.05) is 43.8 Å². The maximum absolute atomic E-state index is 13.2. The molecule has 0 atom stereocenters. The summed E-state index contributed by atoms with van der Waals surface area (Å²) < 4.78 is 26.1. The Morgan fingerprint density at radius 3 is 2.70 bits per heavy atom. The second-order valence-electron chi connectivity index (χ2n) is 6.86. The van der Waals surface area contributed by atoms with E-state index in [1.165, 1.54) is 17.7 Å². The quantitative estimate of drug-likeness (QED) is 0.669. The van der Waals surface area contributed by atoms with Gasteiger partial charge in [-0.05, 0) is 29.7 Å². The van der Waals surface area contributed by atoms with Crippen molar-refractivity contribution in [2.75, 3.05) is 40.0 Å². The topological polar surface area (TPSA) is 39.5 Å². The average Bonchev–Trinajstić information content (AvgIpc) is 3.05. The zero-order valence-corrected chi connectivity index (χ0v) is 15.5. The highest BCUT2D eigenvalue weighted by atomic mass is 19.1. The molecule has 27 heavy (non-hydrogen) atoms. The largest absolute Gasteiger partial charge is 0.481 e. The number of morpholine rings is 1. The first-order valence-corrected chi connectivity index (χ1v) is 9.29. The molecule has 0 spiro atoms. The van der Waals surface area contributed by atoms with E-state index in [0.717, 1.165) is 55.7 Å². The summed E-state index contributed by atoms with van der Waals surface area (Å²) in [6.07, 6.45) is 5.01. The summed E-state index contributed by atoms with van der Waals surface area (Å²) in [6.45, 7) is 5.28. The number of halogens is 1. The minimum Gasteiger partial charge on any atom is -0.481 e. The predicted octanol–water partition coefficient (Wildman–Crippen LogP) is 3.11. The number of hydrogen-bond donors (Lipinski definition) is 0. The SMILES string of the molecule is COc1cc2c(CCN3CCOCC3)cn(Cc3ccc(F)cc3)c2cn1. The van der Waals surface area contributed by atoms with Crippen molar-refractivity contribution in [3.63, 3.8) is 0 Å². The van der Waals surface area contributed by atoms with Crippen LogP contribution in [0.3, 0.4) is 0 Å². The molecule has 0 unspecified atom stereocenters. The van der Waals surface area contributed by atoms with Crippen molar-refractivity contribution in [1.29, 1.82) is 0 Å². The van der Waals surface area contributed by atoms with Gasteiger partial charge in [0.25, 0.3) is 0 Å². The van der Waals surface area contributed by atoms with Crippen LogP contribution in [0.5, 0.6) is 5.88 Å². The van der Waals surface area contributed by atoms with E-state index >= 15 is 0 Å². The standard InChI is InChI=1S/C21H24FN3O2/c1-26-21-12-19-17(6-7-24-8-10-27-11-9-24)15-25(20(19)13-23-21)14-16-2-4-18(22)5-3-16/h2-5,12-13,15H,6-11,14H2,1H3. The number of aromatic nitrogens is 2. The van der Waals surface area contributed by atoms with Crippen molar-refractivity contribution in [3.8, 4) is 5.88 Å². The van der Waals surface area contributed by atoms with Gasteiger partial charge in [-0.3, -0.25) is 4.90 Å². The highest BCUT2D eigenvalue weighted by Crippen LogP contribution is 2.26. The molecule has 0 amide bonds. The van der Waals surface area contributed by atoms with Gasteiger partial charge in [-0.15, -0.1) is 0 Å². The third-order valence-electron chi connectivity index (χ3n) is 5.10. The zero-order valence-electron chi connectivity index (χ0n) is 15.5. The Morgan fingerprint density at radius 2 is 1.96 bits per heavy atom. The molecule has 0 bridgehead atoms. The molecule has 1 aliphatic heterocycles. The Labute approximate surface area is 158 Å². The number of rotatable bonds is 6. The molecular formula is C21H24FN3O2. The molecule has 142 valence electrons. The monoisotopic (exact) mass is 369 g/mol. The molecule has 0 N–H and O–H groups in total. The van der Waals surface area contributed by atoms with Crippen LogP contribution in [0.2, 0.25) is 0 Å². The maximum Gasteiger partial charge on any atom is 0.213 e. The zero-order chi connectivity index (χ0) is 18.6. The van der Waals surface area contributed by atoms with Gasteiger partial charge in [-0.2, -0.15) is 0 Å². The van der Waals surface area contributed by atoms with E-state index in [0.29, 0.717) is 12.4 Å². The van der Waals surface area contributed by atoms with Crippen molar-refractivity contribution in [3.05, 3.63) is 59.7 Å². The third-order valence-corrected chi connectivity index (χ3v) is 5.10. The molecule has 1 fully saturated rings. The summed E-state index contributed by atoms with van der Waals surface area (Å²) in [5.41, 5.74) is 3.40. The summed E-state index contributed by atoms with van der Waals surface area (Å²) in [5.74, 6) is 0.406. The second kappa shape index (κ2) is 8.06. The van der Waals surface area contributed by atoms with Gasteiger partial charge in [0.05, 0.1) is 32.0 Å². The van der Waals surface area contributed by atoms with E-state index in [1.807, 2.05) is 24.4 Å². The number of pyridine rings is 1. The Bertz CT molecular complexity index is 902. The van der Waals surface area contributed by atoms with Crippen LogP contribution in [-0.4, -0.2) is 54.4 Å². The molecule has 1 aliphatic rings. The van der Waals surface area contributed by atoms with Crippen LogP contribution in [0.15, 0.2) is 42.7 Å². The molecule has 0 radical (unpaired) electrons. The van der Waals surface area contributed by atoms with Crippen LogP contribution < -0.4 is 4.74 Å². The van der Waals surface area contributed by atoms with Crippen LogP contribution >= 0.6 is 0 Å². The highest BCUT2D eigenvalue weighted by molar-refractivity contribution is 5.84. The lowest BCUT2D eigenvalue weighted by Crippen LogP contribution is -2.37. The van der Waals surface area contributed by atoms with Gasteiger partial charge in [0.1, 0.15) is 5.82 Å². The third kappa shape index (κ3) is 4.12. The Morgan fingerprint density at radius 1 is 1.19 bits per heavy atom. The van der Waals surface area contributed by atoms with Gasteiger partial charge in [-0.1, -0.05) is 12.1 Å². The van der Waals surface area contributed by atoms with Crippen LogP contribution in [0.25, 0.3) is 10.9 Å². The van der Waals surface area contributed by atoms with Crippen molar-refractivity contribution in [2.45, 2.75) is 13.0 Å². The van der Waals surface area contributed by atoms with Gasteiger partial charge in [0.15, 0.2) is 0 Å². The Balaban J connectivity index is 1.61. The summed E-state index contributed by atoms with van der Waals surface area (Å²) in [5, 5.41) is 1.16. The molecule has 5 nitrogen and oxygen atoms in total. The molecule has 4 rings (SSSR count). The summed E-state index contributed by atoms with van der Waals surface area (Å²) in [4.78, 5) is 6.81. The van der Waals surface area contributed by atoms with E-state index in [1.54, 1.807) is 7.11 Å². The Kier molecular flexibility index (Phi) is 5.36. The number of ether oxygens (including phenoxy) is 2. The molecule has 6 heteroatoms. The molecule has 1 aromatic carbocycles. The van der Waals surface area contributed by atoms with Gasteiger partial charge < -0.3 is 14.0 Å². The van der Waals surface area contributed by atoms with Crippen molar-refractivity contribution >= 4 is 10.9 Å². The minimum absolute atomic E-state index is 0.214. The van der Waals surface area contributed by atoms with Crippen LogP contribution in [0.1, 0.15) is 11.1 Å². The molecule has 2 aromatic heterocycles. The lowest BCUT2D eigenvalue weighted by atomic mass is 10.1. The summed E-state index contributed by atoms with van der Waals surface area (Å²) in [7, 11) is 1.64. The number of hydrogen-bond acceptors (Lipinski definition) is 4. The normalized spacial score (nSPS) is 15.3. The van der Waals surface area contributed by atoms with E-state index in [9.17, 15) is 4.39 Å². The van der Waals surface area contributed by atoms with Crippen molar-refractivity contribution < 1.29 is 13.9 Å². The fourth-order valence-electron chi connectivity index (χ4n) is 3.57. The minimum atomic E-state index is -0.214. The molecule has 3 aromatic rings. The lowest BCUT2D eigenvalue weighted by molar-refractivity contribution is 0.0385. The van der Waals surface area contributed by atoms with Crippen molar-refractivity contribution in [2.24, 2.45) is 0 Å². The fraction of sp³-hybridized carbons (Fsp3) is 0.381. The van der Waals surface area contributed by atoms with Gasteiger partial charge in [0.2, 0.25) is 5.88 Å². The number of methoxy groups -OCH3 is 1. The second-order valence-corrected chi connectivity index (χ2v) is 6.86. The fourth-order valence-corrected chi connectivity index (χ4v) is 3.57. The van der Waals surface area contributed by atoms with Gasteiger partial charge in [-0.25, -0.2) is 9.37 Å². The molecule has 0 saturated carbocycles. The van der Waals surface area contributed by atoms with E-state index in [2.05, 4.69) is 20.6 Å². The summed E-state index contributed by atoms with van der Waals surface area (Å²) >= 11 is 0. The number of fused-ring (bicyclic) bond motifs is 1. The lowest BCUT2D eigenvalue weighted by Gasteiger charge is -2.26. The van der Waals surface area contributed by atoms with Gasteiger partial charge >= 0.3 is 0 Å². The van der Waals surface area contributed by atoms with Crippen molar-refractivity contribution in [1.82, 2.24) is 14.5 Å². The predicted molar refractivity (Wildman–Crippen MR) is 103 cm³/mol.